The fourth-order valence-electron chi connectivity index (χ4n) is 2.77. The summed E-state index contributed by atoms with van der Waals surface area (Å²) < 4.78 is 14.9. The van der Waals surface area contributed by atoms with Crippen LogP contribution in [0.2, 0.25) is 0 Å². The Balaban J connectivity index is 1.60. The van der Waals surface area contributed by atoms with E-state index in [0.717, 1.165) is 5.56 Å². The van der Waals surface area contributed by atoms with Crippen LogP contribution in [0.15, 0.2) is 61.1 Å². The van der Waals surface area contributed by atoms with E-state index < -0.39 is 0 Å². The zero-order chi connectivity index (χ0) is 18.8. The number of benzene rings is 2. The number of aromatic amines is 1. The molecule has 27 heavy (non-hydrogen) atoms. The maximum Gasteiger partial charge on any atom is 0.259 e. The van der Waals surface area contributed by atoms with Gasteiger partial charge >= 0.3 is 0 Å². The number of halogens is 1. The number of hydrogen-bond acceptors (Lipinski definition) is 4. The Morgan fingerprint density at radius 2 is 1.96 bits per heavy atom. The van der Waals surface area contributed by atoms with Crippen LogP contribution < -0.4 is 5.32 Å². The third-order valence-corrected chi connectivity index (χ3v) is 4.11. The predicted octanol–water partition coefficient (Wildman–Crippen LogP) is 3.26. The summed E-state index contributed by atoms with van der Waals surface area (Å²) in [6.07, 6.45) is 3.06. The normalized spacial score (nSPS) is 10.7. The first-order valence-electron chi connectivity index (χ1n) is 8.17. The molecule has 4 aromatic rings. The van der Waals surface area contributed by atoms with Gasteiger partial charge in [-0.1, -0.05) is 12.1 Å². The van der Waals surface area contributed by atoms with Crippen LogP contribution in [0.3, 0.4) is 0 Å². The van der Waals surface area contributed by atoms with Crippen molar-refractivity contribution in [2.24, 2.45) is 7.05 Å². The lowest BCUT2D eigenvalue weighted by molar-refractivity contribution is 0.102. The molecule has 134 valence electrons. The van der Waals surface area contributed by atoms with Gasteiger partial charge in [-0.25, -0.2) is 4.39 Å². The van der Waals surface area contributed by atoms with Crippen molar-refractivity contribution in [2.75, 3.05) is 5.32 Å². The number of aromatic nitrogens is 5. The topological polar surface area (TPSA) is 88.5 Å². The van der Waals surface area contributed by atoms with Crippen LogP contribution in [0.4, 0.5) is 10.1 Å². The lowest BCUT2D eigenvalue weighted by Gasteiger charge is -2.08. The van der Waals surface area contributed by atoms with E-state index in [1.54, 1.807) is 29.1 Å². The van der Waals surface area contributed by atoms with E-state index in [9.17, 15) is 9.18 Å². The van der Waals surface area contributed by atoms with Gasteiger partial charge in [0.25, 0.3) is 5.91 Å². The van der Waals surface area contributed by atoms with Crippen LogP contribution >= 0.6 is 0 Å². The highest BCUT2D eigenvalue weighted by Crippen LogP contribution is 2.24. The van der Waals surface area contributed by atoms with Crippen molar-refractivity contribution >= 4 is 11.6 Å². The summed E-state index contributed by atoms with van der Waals surface area (Å²) in [4.78, 5) is 12.7. The molecule has 0 unspecified atom stereocenters. The minimum Gasteiger partial charge on any atom is -0.322 e. The third kappa shape index (κ3) is 3.32. The van der Waals surface area contributed by atoms with E-state index >= 15 is 0 Å². The summed E-state index contributed by atoms with van der Waals surface area (Å²) in [6, 6.07) is 13.2. The van der Waals surface area contributed by atoms with Gasteiger partial charge in [-0.05, 0) is 36.4 Å². The molecule has 7 nitrogen and oxygen atoms in total. The van der Waals surface area contributed by atoms with Gasteiger partial charge in [-0.2, -0.15) is 5.10 Å². The average molecular weight is 362 g/mol. The fourth-order valence-corrected chi connectivity index (χ4v) is 2.77. The molecule has 2 N–H and O–H groups in total. The van der Waals surface area contributed by atoms with Crippen molar-refractivity contribution in [1.82, 2.24) is 25.0 Å². The number of carbonyl (C=O) groups is 1. The van der Waals surface area contributed by atoms with Gasteiger partial charge in [-0.3, -0.25) is 9.89 Å². The van der Waals surface area contributed by atoms with Gasteiger partial charge in [0.2, 0.25) is 0 Å². The molecule has 1 amide bonds. The molecular formula is C19H15FN6O. The van der Waals surface area contributed by atoms with Gasteiger partial charge in [0.15, 0.2) is 5.82 Å². The van der Waals surface area contributed by atoms with Crippen LogP contribution in [-0.2, 0) is 7.05 Å². The summed E-state index contributed by atoms with van der Waals surface area (Å²) in [6.45, 7) is 0. The number of carbonyl (C=O) groups excluding carboxylic acids is 1. The molecule has 2 heterocycles. The molecule has 0 radical (unpaired) electrons. The molecule has 0 spiro atoms. The number of amides is 1. The molecular weight excluding hydrogens is 347 g/mol. The summed E-state index contributed by atoms with van der Waals surface area (Å²) in [5.41, 5.74) is 3.01. The van der Waals surface area contributed by atoms with E-state index in [-0.39, 0.29) is 11.7 Å². The number of anilines is 1. The summed E-state index contributed by atoms with van der Waals surface area (Å²) in [7, 11) is 1.85. The number of nitrogens with zero attached hydrogens (tertiary/aromatic N) is 4. The standard InChI is InChI=1S/C19H15FN6O/c1-26-11-22-25-18(26)13-3-2-4-15(9-13)23-19(27)16-10-21-24-17(16)12-5-7-14(20)8-6-12/h2-11H,1H3,(H,21,24)(H,23,27). The van der Waals surface area contributed by atoms with Crippen LogP contribution in [0.25, 0.3) is 22.6 Å². The molecule has 0 aliphatic heterocycles. The minimum absolute atomic E-state index is 0.321. The Kier molecular flexibility index (Phi) is 4.21. The summed E-state index contributed by atoms with van der Waals surface area (Å²) in [5.74, 6) is 0.0319. The average Bonchev–Trinajstić information content (AvgIpc) is 3.31. The highest BCUT2D eigenvalue weighted by Gasteiger charge is 2.16. The SMILES string of the molecule is Cn1cnnc1-c1cccc(NC(=O)c2cn[nH]c2-c2ccc(F)cc2)c1. The molecule has 8 heteroatoms. The lowest BCUT2D eigenvalue weighted by atomic mass is 10.1. The zero-order valence-electron chi connectivity index (χ0n) is 14.3. The Morgan fingerprint density at radius 3 is 2.70 bits per heavy atom. The molecule has 4 rings (SSSR count). The molecule has 0 bridgehead atoms. The van der Waals surface area contributed by atoms with Gasteiger partial charge < -0.3 is 9.88 Å². The van der Waals surface area contributed by atoms with Gasteiger partial charge in [0.05, 0.1) is 17.5 Å². The van der Waals surface area contributed by atoms with Gasteiger partial charge in [0, 0.05) is 23.9 Å². The number of H-pyrrole nitrogens is 1. The quantitative estimate of drug-likeness (QED) is 0.583. The number of aryl methyl sites for hydroxylation is 1. The van der Waals surface area contributed by atoms with Crippen LogP contribution in [0.5, 0.6) is 0 Å². The zero-order valence-corrected chi connectivity index (χ0v) is 14.3. The minimum atomic E-state index is -0.343. The van der Waals surface area contributed by atoms with Crippen molar-refractivity contribution < 1.29 is 9.18 Å². The number of nitrogens with one attached hydrogen (secondary N) is 2. The molecule has 2 aromatic heterocycles. The molecule has 0 saturated heterocycles. The molecule has 0 aliphatic carbocycles. The Labute approximate surface area is 153 Å². The van der Waals surface area contributed by atoms with E-state index in [4.69, 9.17) is 0 Å². The maximum absolute atomic E-state index is 13.1. The number of rotatable bonds is 4. The van der Waals surface area contributed by atoms with Crippen LogP contribution in [0.1, 0.15) is 10.4 Å². The smallest absolute Gasteiger partial charge is 0.259 e. The molecule has 0 aliphatic rings. The van der Waals surface area contributed by atoms with Crippen molar-refractivity contribution in [3.8, 4) is 22.6 Å². The van der Waals surface area contributed by atoms with Crippen LogP contribution in [-0.4, -0.2) is 30.9 Å². The first kappa shape index (κ1) is 16.6. The number of hydrogen-bond donors (Lipinski definition) is 2. The monoisotopic (exact) mass is 362 g/mol. The maximum atomic E-state index is 13.1. The predicted molar refractivity (Wildman–Crippen MR) is 98.4 cm³/mol. The van der Waals surface area contributed by atoms with E-state index in [0.29, 0.717) is 28.3 Å². The highest BCUT2D eigenvalue weighted by molar-refractivity contribution is 6.08. The second-order valence-electron chi connectivity index (χ2n) is 5.97. The molecule has 0 saturated carbocycles. The van der Waals surface area contributed by atoms with E-state index in [1.807, 2.05) is 25.2 Å². The first-order valence-corrected chi connectivity index (χ1v) is 8.17. The fraction of sp³-hybridized carbons (Fsp3) is 0.0526. The molecule has 0 fully saturated rings. The lowest BCUT2D eigenvalue weighted by Crippen LogP contribution is -2.12. The third-order valence-electron chi connectivity index (χ3n) is 4.11. The van der Waals surface area contributed by atoms with Crippen molar-refractivity contribution in [3.63, 3.8) is 0 Å². The first-order chi connectivity index (χ1) is 13.1. The van der Waals surface area contributed by atoms with Crippen molar-refractivity contribution in [2.45, 2.75) is 0 Å². The Bertz CT molecular complexity index is 1100. The second kappa shape index (κ2) is 6.83. The Morgan fingerprint density at radius 1 is 1.15 bits per heavy atom. The van der Waals surface area contributed by atoms with Crippen molar-refractivity contribution in [3.05, 3.63) is 72.4 Å². The molecule has 2 aromatic carbocycles. The highest BCUT2D eigenvalue weighted by atomic mass is 19.1. The van der Waals surface area contributed by atoms with E-state index in [1.165, 1.54) is 18.3 Å². The Hall–Kier alpha value is -3.81. The van der Waals surface area contributed by atoms with Gasteiger partial charge in [0.1, 0.15) is 12.1 Å². The summed E-state index contributed by atoms with van der Waals surface area (Å²) in [5, 5.41) is 17.5. The van der Waals surface area contributed by atoms with Gasteiger partial charge in [-0.15, -0.1) is 10.2 Å². The van der Waals surface area contributed by atoms with Crippen LogP contribution in [0, 0.1) is 5.82 Å². The second-order valence-corrected chi connectivity index (χ2v) is 5.97. The van der Waals surface area contributed by atoms with Crippen molar-refractivity contribution in [1.29, 1.82) is 0 Å². The van der Waals surface area contributed by atoms with E-state index in [2.05, 4.69) is 25.7 Å². The molecule has 0 atom stereocenters. The summed E-state index contributed by atoms with van der Waals surface area (Å²) >= 11 is 0. The largest absolute Gasteiger partial charge is 0.322 e.